The first-order valence-corrected chi connectivity index (χ1v) is 4.62. The van der Waals surface area contributed by atoms with Gasteiger partial charge in [-0.25, -0.2) is 9.97 Å². The van der Waals surface area contributed by atoms with Crippen molar-refractivity contribution in [2.24, 2.45) is 5.92 Å². The molecule has 1 aliphatic heterocycles. The molecule has 0 unspecified atom stereocenters. The number of carbonyl (C=O) groups is 1. The molecule has 2 heterocycles. The van der Waals surface area contributed by atoms with Gasteiger partial charge in [-0.3, -0.25) is 4.79 Å². The fraction of sp³-hybridized carbons (Fsp3) is 0.375. The predicted molar refractivity (Wildman–Crippen MR) is 52.0 cm³/mol. The van der Waals surface area contributed by atoms with Crippen LogP contribution >= 0.6 is 11.6 Å². The summed E-state index contributed by atoms with van der Waals surface area (Å²) in [4.78, 5) is 19.0. The first-order chi connectivity index (χ1) is 6.75. The molecule has 5 nitrogen and oxygen atoms in total. The van der Waals surface area contributed by atoms with Crippen molar-refractivity contribution in [1.29, 1.82) is 0 Å². The molecule has 1 fully saturated rings. The minimum atomic E-state index is -0.0292. The highest BCUT2D eigenvalue weighted by molar-refractivity contribution is 6.29. The van der Waals surface area contributed by atoms with Gasteiger partial charge in [0.2, 0.25) is 5.91 Å². The molecule has 0 aromatic carbocycles. The van der Waals surface area contributed by atoms with Gasteiger partial charge < -0.3 is 10.6 Å². The molecule has 14 heavy (non-hydrogen) atoms. The monoisotopic (exact) mass is 212 g/mol. The molecule has 6 heteroatoms. The van der Waals surface area contributed by atoms with E-state index in [2.05, 4.69) is 20.6 Å². The lowest BCUT2D eigenvalue weighted by atomic mass is 10.0. The molecule has 1 aliphatic rings. The van der Waals surface area contributed by atoms with Gasteiger partial charge in [0.05, 0.1) is 5.92 Å². The summed E-state index contributed by atoms with van der Waals surface area (Å²) < 4.78 is 0. The Bertz CT molecular complexity index is 353. The van der Waals surface area contributed by atoms with Crippen molar-refractivity contribution in [3.63, 3.8) is 0 Å². The number of hydrogen-bond acceptors (Lipinski definition) is 4. The van der Waals surface area contributed by atoms with Gasteiger partial charge in [0.15, 0.2) is 0 Å². The van der Waals surface area contributed by atoms with Gasteiger partial charge >= 0.3 is 0 Å². The van der Waals surface area contributed by atoms with Crippen molar-refractivity contribution < 1.29 is 4.79 Å². The third-order valence-corrected chi connectivity index (χ3v) is 2.24. The van der Waals surface area contributed by atoms with Crippen molar-refractivity contribution in [3.8, 4) is 0 Å². The van der Waals surface area contributed by atoms with E-state index in [1.807, 2.05) is 0 Å². The number of anilines is 1. The van der Waals surface area contributed by atoms with Crippen LogP contribution in [0.2, 0.25) is 5.15 Å². The second-order valence-corrected chi connectivity index (χ2v) is 3.46. The van der Waals surface area contributed by atoms with Crippen molar-refractivity contribution in [1.82, 2.24) is 15.3 Å². The fourth-order valence-corrected chi connectivity index (χ4v) is 1.25. The molecule has 0 aliphatic carbocycles. The van der Waals surface area contributed by atoms with Crippen LogP contribution in [0.15, 0.2) is 12.4 Å². The Morgan fingerprint density at radius 1 is 1.57 bits per heavy atom. The normalized spacial score (nSPS) is 16.1. The minimum Gasteiger partial charge on any atom is -0.315 e. The molecule has 0 saturated carbocycles. The molecule has 1 aromatic rings. The van der Waals surface area contributed by atoms with Crippen LogP contribution in [0.5, 0.6) is 0 Å². The Morgan fingerprint density at radius 3 is 2.93 bits per heavy atom. The van der Waals surface area contributed by atoms with Gasteiger partial charge in [-0.05, 0) is 0 Å². The second-order valence-electron chi connectivity index (χ2n) is 3.07. The Hall–Kier alpha value is -1.20. The van der Waals surface area contributed by atoms with Crippen LogP contribution in [0, 0.1) is 5.92 Å². The molecule has 2 N–H and O–H groups in total. The third-order valence-electron chi connectivity index (χ3n) is 2.04. The number of amides is 1. The molecule has 0 radical (unpaired) electrons. The summed E-state index contributed by atoms with van der Waals surface area (Å²) >= 11 is 5.64. The smallest absolute Gasteiger partial charge is 0.231 e. The van der Waals surface area contributed by atoms with Gasteiger partial charge in [0, 0.05) is 19.2 Å². The molecule has 74 valence electrons. The standard InChI is InChI=1S/C8H9ClN4O/c9-6-1-7(12-4-11-6)13-8(14)5-2-10-3-5/h1,4-5,10H,2-3H2,(H,11,12,13,14). The number of halogens is 1. The van der Waals surface area contributed by atoms with Crippen LogP contribution in [0.1, 0.15) is 0 Å². The van der Waals surface area contributed by atoms with Crippen LogP contribution < -0.4 is 10.6 Å². The summed E-state index contributed by atoms with van der Waals surface area (Å²) in [6.07, 6.45) is 1.32. The average Bonchev–Trinajstić information content (AvgIpc) is 1.99. The zero-order valence-electron chi connectivity index (χ0n) is 7.33. The van der Waals surface area contributed by atoms with Crippen LogP contribution in [-0.2, 0) is 4.79 Å². The highest BCUT2D eigenvalue weighted by atomic mass is 35.5. The number of rotatable bonds is 2. The van der Waals surface area contributed by atoms with E-state index in [1.165, 1.54) is 12.4 Å². The number of carbonyl (C=O) groups excluding carboxylic acids is 1. The lowest BCUT2D eigenvalue weighted by Crippen LogP contribution is -2.48. The minimum absolute atomic E-state index is 0.0292. The maximum atomic E-state index is 11.5. The van der Waals surface area contributed by atoms with Crippen molar-refractivity contribution in [2.45, 2.75) is 0 Å². The lowest BCUT2D eigenvalue weighted by molar-refractivity contribution is -0.121. The van der Waals surface area contributed by atoms with E-state index >= 15 is 0 Å². The van der Waals surface area contributed by atoms with Crippen molar-refractivity contribution in [3.05, 3.63) is 17.5 Å². The number of aromatic nitrogens is 2. The van der Waals surface area contributed by atoms with E-state index in [4.69, 9.17) is 11.6 Å². The van der Waals surface area contributed by atoms with E-state index in [0.29, 0.717) is 11.0 Å². The van der Waals surface area contributed by atoms with E-state index in [0.717, 1.165) is 13.1 Å². The van der Waals surface area contributed by atoms with Crippen LogP contribution in [0.25, 0.3) is 0 Å². The molecule has 0 spiro atoms. The summed E-state index contributed by atoms with van der Waals surface area (Å²) in [7, 11) is 0. The second kappa shape index (κ2) is 3.89. The summed E-state index contributed by atoms with van der Waals surface area (Å²) in [5.41, 5.74) is 0. The van der Waals surface area contributed by atoms with E-state index in [-0.39, 0.29) is 11.8 Å². The highest BCUT2D eigenvalue weighted by Gasteiger charge is 2.24. The Morgan fingerprint density at radius 2 is 2.36 bits per heavy atom. The van der Waals surface area contributed by atoms with Crippen LogP contribution in [0.4, 0.5) is 5.82 Å². The molecule has 0 bridgehead atoms. The first-order valence-electron chi connectivity index (χ1n) is 4.25. The molecule has 1 aromatic heterocycles. The summed E-state index contributed by atoms with van der Waals surface area (Å²) in [5.74, 6) is 0.462. The molecule has 1 saturated heterocycles. The maximum Gasteiger partial charge on any atom is 0.231 e. The largest absolute Gasteiger partial charge is 0.315 e. The summed E-state index contributed by atoms with van der Waals surface area (Å²) in [6.45, 7) is 1.45. The summed E-state index contributed by atoms with van der Waals surface area (Å²) in [6, 6.07) is 1.52. The van der Waals surface area contributed by atoms with Gasteiger partial charge in [0.1, 0.15) is 17.3 Å². The van der Waals surface area contributed by atoms with E-state index in [1.54, 1.807) is 0 Å². The maximum absolute atomic E-state index is 11.5. The van der Waals surface area contributed by atoms with E-state index in [9.17, 15) is 4.79 Å². The Kier molecular flexibility index (Phi) is 2.60. The summed E-state index contributed by atoms with van der Waals surface area (Å²) in [5, 5.41) is 6.01. The Balaban J connectivity index is 1.99. The topological polar surface area (TPSA) is 66.9 Å². The number of nitrogens with zero attached hydrogens (tertiary/aromatic N) is 2. The molecular formula is C8H9ClN4O. The average molecular weight is 213 g/mol. The zero-order chi connectivity index (χ0) is 9.97. The van der Waals surface area contributed by atoms with Gasteiger partial charge in [-0.1, -0.05) is 11.6 Å². The fourth-order valence-electron chi connectivity index (χ4n) is 1.10. The van der Waals surface area contributed by atoms with Crippen molar-refractivity contribution >= 4 is 23.3 Å². The molecule has 2 rings (SSSR count). The Labute approximate surface area is 85.9 Å². The van der Waals surface area contributed by atoms with E-state index < -0.39 is 0 Å². The van der Waals surface area contributed by atoms with Crippen LogP contribution in [-0.4, -0.2) is 29.0 Å². The van der Waals surface area contributed by atoms with Gasteiger partial charge in [-0.2, -0.15) is 0 Å². The van der Waals surface area contributed by atoms with Gasteiger partial charge in [0.25, 0.3) is 0 Å². The SMILES string of the molecule is O=C(Nc1cc(Cl)ncn1)C1CNC1. The highest BCUT2D eigenvalue weighted by Crippen LogP contribution is 2.11. The number of nitrogens with one attached hydrogen (secondary N) is 2. The predicted octanol–water partition coefficient (Wildman–Crippen LogP) is 0.288. The number of hydrogen-bond donors (Lipinski definition) is 2. The zero-order valence-corrected chi connectivity index (χ0v) is 8.08. The van der Waals surface area contributed by atoms with Gasteiger partial charge in [-0.15, -0.1) is 0 Å². The quantitative estimate of drug-likeness (QED) is 0.692. The molecule has 1 amide bonds. The van der Waals surface area contributed by atoms with Crippen molar-refractivity contribution in [2.75, 3.05) is 18.4 Å². The third kappa shape index (κ3) is 2.00. The van der Waals surface area contributed by atoms with Crippen LogP contribution in [0.3, 0.4) is 0 Å². The first kappa shape index (κ1) is 9.36. The lowest BCUT2D eigenvalue weighted by Gasteiger charge is -2.25. The molecular weight excluding hydrogens is 204 g/mol. The molecule has 0 atom stereocenters.